The lowest BCUT2D eigenvalue weighted by Gasteiger charge is -2.24. The largest absolute Gasteiger partial charge is 0.468 e. The molecule has 25 heavy (non-hydrogen) atoms. The number of rotatable bonds is 5. The Balaban J connectivity index is 2.42. The van der Waals surface area contributed by atoms with Crippen LogP contribution in [-0.4, -0.2) is 13.1 Å². The van der Waals surface area contributed by atoms with Gasteiger partial charge in [0.15, 0.2) is 5.41 Å². The van der Waals surface area contributed by atoms with Crippen LogP contribution in [0, 0.1) is 16.7 Å². The van der Waals surface area contributed by atoms with E-state index in [4.69, 9.17) is 51.1 Å². The van der Waals surface area contributed by atoms with Gasteiger partial charge in [-0.05, 0) is 35.4 Å². The first-order valence-corrected chi connectivity index (χ1v) is 8.70. The molecule has 3 nitrogen and oxygen atoms in total. The van der Waals surface area contributed by atoms with Crippen molar-refractivity contribution in [2.45, 2.75) is 12.8 Å². The Morgan fingerprint density at radius 1 is 0.960 bits per heavy atom. The van der Waals surface area contributed by atoms with Gasteiger partial charge >= 0.3 is 5.97 Å². The maximum Gasteiger partial charge on any atom is 0.326 e. The van der Waals surface area contributed by atoms with Crippen LogP contribution in [0.3, 0.4) is 0 Å². The number of benzene rings is 2. The molecular weight excluding hydrogens is 404 g/mol. The molecule has 0 aliphatic heterocycles. The zero-order valence-electron chi connectivity index (χ0n) is 13.2. The van der Waals surface area contributed by atoms with Crippen molar-refractivity contribution in [3.63, 3.8) is 0 Å². The maximum atomic E-state index is 12.4. The molecule has 7 heteroatoms. The minimum absolute atomic E-state index is 0.118. The second-order valence-electron chi connectivity index (χ2n) is 5.54. The van der Waals surface area contributed by atoms with E-state index >= 15 is 0 Å². The van der Waals surface area contributed by atoms with Gasteiger partial charge in [-0.3, -0.25) is 4.79 Å². The van der Waals surface area contributed by atoms with Gasteiger partial charge in [0, 0.05) is 12.8 Å². The van der Waals surface area contributed by atoms with E-state index < -0.39 is 11.4 Å². The van der Waals surface area contributed by atoms with Gasteiger partial charge in [-0.25, -0.2) is 0 Å². The van der Waals surface area contributed by atoms with E-state index in [1.165, 1.54) is 7.11 Å². The highest BCUT2D eigenvalue weighted by atomic mass is 35.5. The lowest BCUT2D eigenvalue weighted by atomic mass is 9.77. The first-order valence-electron chi connectivity index (χ1n) is 7.19. The van der Waals surface area contributed by atoms with Crippen LogP contribution in [0.5, 0.6) is 0 Å². The van der Waals surface area contributed by atoms with E-state index in [2.05, 4.69) is 6.07 Å². The molecule has 0 saturated carbocycles. The summed E-state index contributed by atoms with van der Waals surface area (Å²) in [5, 5.41) is 11.3. The van der Waals surface area contributed by atoms with Crippen LogP contribution >= 0.6 is 46.4 Å². The second-order valence-corrected chi connectivity index (χ2v) is 7.16. The van der Waals surface area contributed by atoms with Crippen molar-refractivity contribution in [3.05, 3.63) is 67.6 Å². The van der Waals surface area contributed by atoms with Crippen molar-refractivity contribution >= 4 is 52.4 Å². The molecule has 130 valence electrons. The van der Waals surface area contributed by atoms with Crippen LogP contribution < -0.4 is 0 Å². The Morgan fingerprint density at radius 2 is 1.40 bits per heavy atom. The third-order valence-electron chi connectivity index (χ3n) is 3.77. The van der Waals surface area contributed by atoms with Gasteiger partial charge in [0.2, 0.25) is 0 Å². The van der Waals surface area contributed by atoms with E-state index in [1.54, 1.807) is 36.4 Å². The van der Waals surface area contributed by atoms with Gasteiger partial charge in [0.05, 0.1) is 33.3 Å². The molecule has 2 rings (SSSR count). The van der Waals surface area contributed by atoms with Crippen LogP contribution in [-0.2, 0) is 22.4 Å². The maximum absolute atomic E-state index is 12.4. The summed E-state index contributed by atoms with van der Waals surface area (Å²) in [7, 11) is 1.25. The number of hydrogen-bond acceptors (Lipinski definition) is 3. The monoisotopic (exact) mass is 415 g/mol. The van der Waals surface area contributed by atoms with Crippen LogP contribution in [0.2, 0.25) is 20.1 Å². The number of nitriles is 1. The summed E-state index contributed by atoms with van der Waals surface area (Å²) in [5.41, 5.74) is -0.0360. The number of carbonyl (C=O) groups is 1. The van der Waals surface area contributed by atoms with E-state index in [0.29, 0.717) is 31.2 Å². The number of ether oxygens (including phenoxy) is 1. The van der Waals surface area contributed by atoms with E-state index in [0.717, 1.165) is 0 Å². The fourth-order valence-electron chi connectivity index (χ4n) is 2.52. The highest BCUT2D eigenvalue weighted by molar-refractivity contribution is 6.42. The Labute approximate surface area is 166 Å². The molecule has 2 aromatic carbocycles. The normalized spacial score (nSPS) is 11.0. The number of nitrogens with zero attached hydrogens (tertiary/aromatic N) is 1. The first kappa shape index (κ1) is 19.9. The van der Waals surface area contributed by atoms with E-state index in [9.17, 15) is 10.1 Å². The minimum Gasteiger partial charge on any atom is -0.468 e. The SMILES string of the molecule is COC(=O)C(C#N)(Cc1ccc(Cl)c(Cl)c1)Cc1ccc(Cl)c(Cl)c1. The third kappa shape index (κ3) is 4.59. The quantitative estimate of drug-likeness (QED) is 0.581. The van der Waals surface area contributed by atoms with Gasteiger partial charge in [-0.2, -0.15) is 5.26 Å². The molecular formula is C18H13Cl4NO2. The van der Waals surface area contributed by atoms with E-state index in [-0.39, 0.29) is 12.8 Å². The molecule has 0 spiro atoms. The highest BCUT2D eigenvalue weighted by Gasteiger charge is 2.40. The number of hydrogen-bond donors (Lipinski definition) is 0. The van der Waals surface area contributed by atoms with Crippen molar-refractivity contribution in [2.24, 2.45) is 5.41 Å². The second kappa shape index (κ2) is 8.29. The fraction of sp³-hybridized carbons (Fsp3) is 0.222. The van der Waals surface area contributed by atoms with E-state index in [1.807, 2.05) is 0 Å². The molecule has 0 aromatic heterocycles. The molecule has 0 unspecified atom stereocenters. The van der Waals surface area contributed by atoms with Gasteiger partial charge in [0.25, 0.3) is 0 Å². The van der Waals surface area contributed by atoms with Crippen LogP contribution in [0.25, 0.3) is 0 Å². The summed E-state index contributed by atoms with van der Waals surface area (Å²) in [4.78, 5) is 12.4. The molecule has 0 heterocycles. The molecule has 0 atom stereocenters. The Bertz CT molecular complexity index is 792. The average Bonchev–Trinajstić information content (AvgIpc) is 2.60. The average molecular weight is 417 g/mol. The lowest BCUT2D eigenvalue weighted by molar-refractivity contribution is -0.149. The lowest BCUT2D eigenvalue weighted by Crippen LogP contribution is -2.35. The fourth-order valence-corrected chi connectivity index (χ4v) is 3.16. The number of esters is 1. The number of methoxy groups -OCH3 is 1. The molecule has 0 aliphatic carbocycles. The standard InChI is InChI=1S/C18H13Cl4NO2/c1-25-17(24)18(10-23,8-11-2-4-13(19)15(21)6-11)9-12-3-5-14(20)16(22)7-12/h2-7H,8-9H2,1H3. The molecule has 0 radical (unpaired) electrons. The molecule has 0 saturated heterocycles. The summed E-state index contributed by atoms with van der Waals surface area (Å²) < 4.78 is 4.88. The highest BCUT2D eigenvalue weighted by Crippen LogP contribution is 2.33. The smallest absolute Gasteiger partial charge is 0.326 e. The Kier molecular flexibility index (Phi) is 6.59. The van der Waals surface area contributed by atoms with Crippen LogP contribution in [0.1, 0.15) is 11.1 Å². The number of halogens is 4. The molecule has 0 bridgehead atoms. The zero-order valence-corrected chi connectivity index (χ0v) is 16.2. The molecule has 0 aliphatic rings. The molecule has 0 fully saturated rings. The Hall–Kier alpha value is -1.44. The van der Waals surface area contributed by atoms with Crippen molar-refractivity contribution in [1.29, 1.82) is 5.26 Å². The predicted octanol–water partition coefficient (Wildman–Crippen LogP) is 5.77. The Morgan fingerprint density at radius 3 is 1.72 bits per heavy atom. The zero-order chi connectivity index (χ0) is 18.6. The molecule has 2 aromatic rings. The first-order chi connectivity index (χ1) is 11.8. The van der Waals surface area contributed by atoms with Crippen molar-refractivity contribution in [1.82, 2.24) is 0 Å². The van der Waals surface area contributed by atoms with Gasteiger partial charge in [0.1, 0.15) is 0 Å². The van der Waals surface area contributed by atoms with Gasteiger partial charge < -0.3 is 4.74 Å². The van der Waals surface area contributed by atoms with Crippen LogP contribution in [0.15, 0.2) is 36.4 Å². The summed E-state index contributed by atoms with van der Waals surface area (Å²) in [5.74, 6) is -0.632. The third-order valence-corrected chi connectivity index (χ3v) is 5.25. The molecule has 0 amide bonds. The van der Waals surface area contributed by atoms with Crippen molar-refractivity contribution < 1.29 is 9.53 Å². The van der Waals surface area contributed by atoms with Crippen molar-refractivity contribution in [2.75, 3.05) is 7.11 Å². The summed E-state index contributed by atoms with van der Waals surface area (Å²) in [6, 6.07) is 12.1. The summed E-state index contributed by atoms with van der Waals surface area (Å²) in [6.07, 6.45) is 0.237. The summed E-state index contributed by atoms with van der Waals surface area (Å²) >= 11 is 23.9. The number of carbonyl (C=O) groups excluding carboxylic acids is 1. The molecule has 0 N–H and O–H groups in total. The van der Waals surface area contributed by atoms with Crippen molar-refractivity contribution in [3.8, 4) is 6.07 Å². The van der Waals surface area contributed by atoms with Gasteiger partial charge in [-0.15, -0.1) is 0 Å². The topological polar surface area (TPSA) is 50.1 Å². The van der Waals surface area contributed by atoms with Gasteiger partial charge in [-0.1, -0.05) is 58.5 Å². The predicted molar refractivity (Wildman–Crippen MR) is 100 cm³/mol. The summed E-state index contributed by atoms with van der Waals surface area (Å²) in [6.45, 7) is 0. The van der Waals surface area contributed by atoms with Crippen LogP contribution in [0.4, 0.5) is 0 Å². The minimum atomic E-state index is -1.43.